The Morgan fingerprint density at radius 1 is 1.11 bits per heavy atom. The summed E-state index contributed by atoms with van der Waals surface area (Å²) in [6.45, 7) is 0. The van der Waals surface area contributed by atoms with E-state index in [1.54, 1.807) is 20.8 Å². The zero-order valence-electron chi connectivity index (χ0n) is 4.70. The van der Waals surface area contributed by atoms with Gasteiger partial charge in [0.05, 0.1) is 0 Å². The Morgan fingerprint density at radius 2 is 1.67 bits per heavy atom. The molecule has 1 aromatic carbocycles. The second-order valence-electron chi connectivity index (χ2n) is 1.42. The van der Waals surface area contributed by atoms with Gasteiger partial charge in [-0.3, -0.25) is 0 Å². The SMILES string of the molecule is Cl.[Ti][O]c1ccccc1. The van der Waals surface area contributed by atoms with E-state index < -0.39 is 0 Å². The third-order valence-electron chi connectivity index (χ3n) is 0.861. The fourth-order valence-corrected chi connectivity index (χ4v) is 0.701. The van der Waals surface area contributed by atoms with Gasteiger partial charge < -0.3 is 0 Å². The van der Waals surface area contributed by atoms with Gasteiger partial charge in [0.2, 0.25) is 0 Å². The van der Waals surface area contributed by atoms with Gasteiger partial charge in [-0.2, -0.15) is 0 Å². The summed E-state index contributed by atoms with van der Waals surface area (Å²) in [6.07, 6.45) is 0. The molecule has 1 rings (SSSR count). The third kappa shape index (κ3) is 2.90. The van der Waals surface area contributed by atoms with Gasteiger partial charge in [-0.1, -0.05) is 0 Å². The molecule has 1 nitrogen and oxygen atoms in total. The quantitative estimate of drug-likeness (QED) is 0.596. The first-order valence-electron chi connectivity index (χ1n) is 2.32. The maximum absolute atomic E-state index is 4.91. The van der Waals surface area contributed by atoms with Crippen LogP contribution in [0.25, 0.3) is 0 Å². The second-order valence-corrected chi connectivity index (χ2v) is 1.73. The predicted molar refractivity (Wildman–Crippen MR) is 34.3 cm³/mol. The van der Waals surface area contributed by atoms with Gasteiger partial charge in [-0.05, 0) is 0 Å². The first-order valence-corrected chi connectivity index (χ1v) is 2.96. The molecule has 0 saturated heterocycles. The second kappa shape index (κ2) is 4.86. The molecule has 0 aliphatic carbocycles. The van der Waals surface area contributed by atoms with E-state index in [0.29, 0.717) is 0 Å². The Kier molecular flexibility index (Phi) is 4.87. The first kappa shape index (κ1) is 9.02. The Bertz CT molecular complexity index is 154. The van der Waals surface area contributed by atoms with E-state index in [2.05, 4.69) is 0 Å². The predicted octanol–water partition coefficient (Wildman–Crippen LogP) is 1.95. The summed E-state index contributed by atoms with van der Waals surface area (Å²) < 4.78 is 4.91. The molecule has 9 heavy (non-hydrogen) atoms. The number of para-hydroxylation sites is 1. The van der Waals surface area contributed by atoms with E-state index in [9.17, 15) is 0 Å². The van der Waals surface area contributed by atoms with Crippen LogP contribution in [0.15, 0.2) is 30.3 Å². The van der Waals surface area contributed by atoms with Gasteiger partial charge in [0.25, 0.3) is 0 Å². The van der Waals surface area contributed by atoms with E-state index in [1.807, 2.05) is 30.3 Å². The molecule has 0 aliphatic rings. The summed E-state index contributed by atoms with van der Waals surface area (Å²) in [7, 11) is 0. The van der Waals surface area contributed by atoms with E-state index in [0.717, 1.165) is 5.75 Å². The van der Waals surface area contributed by atoms with Crippen molar-refractivity contribution >= 4 is 12.4 Å². The monoisotopic (exact) mass is 177 g/mol. The van der Waals surface area contributed by atoms with Crippen molar-refractivity contribution in [3.8, 4) is 5.75 Å². The van der Waals surface area contributed by atoms with E-state index in [4.69, 9.17) is 3.32 Å². The van der Waals surface area contributed by atoms with Crippen LogP contribution in [0.5, 0.6) is 5.75 Å². The van der Waals surface area contributed by atoms with Gasteiger partial charge in [0.15, 0.2) is 0 Å². The molecule has 47 valence electrons. The molecule has 0 bridgehead atoms. The summed E-state index contributed by atoms with van der Waals surface area (Å²) in [5, 5.41) is 0. The van der Waals surface area contributed by atoms with Gasteiger partial charge >= 0.3 is 60.2 Å². The Labute approximate surface area is 72.7 Å². The van der Waals surface area contributed by atoms with Crippen LogP contribution in [0.2, 0.25) is 0 Å². The molecule has 0 fully saturated rings. The molecule has 0 saturated carbocycles. The molecule has 1 aromatic rings. The third-order valence-corrected chi connectivity index (χ3v) is 1.23. The standard InChI is InChI=1S/C6H6O.ClH.Ti/c7-6-4-2-1-3-5-6;;/h1-5,7H;1H;/q;;+1/p-1. The van der Waals surface area contributed by atoms with Crippen molar-refractivity contribution in [1.82, 2.24) is 0 Å². The van der Waals surface area contributed by atoms with Crippen LogP contribution in [0, 0.1) is 0 Å². The number of rotatable bonds is 1. The average Bonchev–Trinajstić information content (AvgIpc) is 1.90. The van der Waals surface area contributed by atoms with Crippen LogP contribution in [-0.4, -0.2) is 0 Å². The fraction of sp³-hybridized carbons (Fsp3) is 0. The summed E-state index contributed by atoms with van der Waals surface area (Å²) in [4.78, 5) is 0. The van der Waals surface area contributed by atoms with Crippen LogP contribution < -0.4 is 3.32 Å². The summed E-state index contributed by atoms with van der Waals surface area (Å²) in [5.41, 5.74) is 0. The Morgan fingerprint density at radius 3 is 2.00 bits per heavy atom. The van der Waals surface area contributed by atoms with Crippen molar-refractivity contribution in [2.75, 3.05) is 0 Å². The topological polar surface area (TPSA) is 9.23 Å². The van der Waals surface area contributed by atoms with Crippen LogP contribution in [0.3, 0.4) is 0 Å². The van der Waals surface area contributed by atoms with Crippen LogP contribution in [0.1, 0.15) is 0 Å². The summed E-state index contributed by atoms with van der Waals surface area (Å²) in [5.74, 6) is 0.910. The Hall–Kier alpha value is 0.0243. The van der Waals surface area contributed by atoms with Gasteiger partial charge in [0, 0.05) is 0 Å². The minimum atomic E-state index is 0. The molecule has 0 atom stereocenters. The van der Waals surface area contributed by atoms with Gasteiger partial charge in [0.1, 0.15) is 0 Å². The van der Waals surface area contributed by atoms with E-state index in [-0.39, 0.29) is 12.4 Å². The fourth-order valence-electron chi connectivity index (χ4n) is 0.489. The normalized spacial score (nSPS) is 7.44. The van der Waals surface area contributed by atoms with Gasteiger partial charge in [-0.25, -0.2) is 0 Å². The molecule has 0 aromatic heterocycles. The number of hydrogen-bond donors (Lipinski definition) is 0. The molecular formula is C6H6ClOTi. The summed E-state index contributed by atoms with van der Waals surface area (Å²) >= 11 is 1.66. The number of benzene rings is 1. The van der Waals surface area contributed by atoms with E-state index >= 15 is 0 Å². The van der Waals surface area contributed by atoms with Crippen molar-refractivity contribution in [1.29, 1.82) is 0 Å². The molecule has 3 heteroatoms. The number of halogens is 1. The molecule has 0 heterocycles. The average molecular weight is 177 g/mol. The molecule has 0 amide bonds. The molecule has 0 spiro atoms. The number of hydrogen-bond acceptors (Lipinski definition) is 1. The molecule has 0 unspecified atom stereocenters. The van der Waals surface area contributed by atoms with Crippen LogP contribution >= 0.6 is 12.4 Å². The van der Waals surface area contributed by atoms with Crippen LogP contribution in [-0.2, 0) is 20.8 Å². The molecule has 0 radical (unpaired) electrons. The summed E-state index contributed by atoms with van der Waals surface area (Å²) in [6, 6.07) is 9.68. The van der Waals surface area contributed by atoms with Crippen LogP contribution in [0.4, 0.5) is 0 Å². The first-order chi connectivity index (χ1) is 3.93. The Balaban J connectivity index is 0.000000640. The van der Waals surface area contributed by atoms with Crippen molar-refractivity contribution in [2.24, 2.45) is 0 Å². The molecular weight excluding hydrogens is 171 g/mol. The van der Waals surface area contributed by atoms with Crippen molar-refractivity contribution in [2.45, 2.75) is 0 Å². The molecule has 0 aliphatic heterocycles. The van der Waals surface area contributed by atoms with E-state index in [1.165, 1.54) is 0 Å². The minimum absolute atomic E-state index is 0. The van der Waals surface area contributed by atoms with Crippen molar-refractivity contribution in [3.63, 3.8) is 0 Å². The van der Waals surface area contributed by atoms with Crippen molar-refractivity contribution < 1.29 is 24.1 Å². The van der Waals surface area contributed by atoms with Crippen molar-refractivity contribution in [3.05, 3.63) is 30.3 Å². The zero-order chi connectivity index (χ0) is 5.82. The molecule has 0 N–H and O–H groups in total. The zero-order valence-corrected chi connectivity index (χ0v) is 7.08. The van der Waals surface area contributed by atoms with Gasteiger partial charge in [-0.15, -0.1) is 12.4 Å². The maximum atomic E-state index is 4.91.